The van der Waals surface area contributed by atoms with Crippen LogP contribution in [0.1, 0.15) is 22.3 Å². The number of nitrogens with zero attached hydrogens (tertiary/aromatic N) is 1. The van der Waals surface area contributed by atoms with Crippen LogP contribution < -0.4 is 19.1 Å². The number of nitrogens with one attached hydrogen (secondary N) is 1. The van der Waals surface area contributed by atoms with Crippen molar-refractivity contribution in [3.63, 3.8) is 0 Å². The molecular formula is C19H22N2O5S. The number of carbonyl (C=O) groups excluding carboxylic acids is 1. The highest BCUT2D eigenvalue weighted by Gasteiger charge is 2.28. The summed E-state index contributed by atoms with van der Waals surface area (Å²) in [5.41, 5.74) is 2.29. The van der Waals surface area contributed by atoms with Crippen LogP contribution in [0.4, 0.5) is 11.4 Å². The van der Waals surface area contributed by atoms with Gasteiger partial charge < -0.3 is 14.8 Å². The molecule has 0 aliphatic carbocycles. The van der Waals surface area contributed by atoms with Crippen LogP contribution in [-0.4, -0.2) is 40.8 Å². The predicted molar refractivity (Wildman–Crippen MR) is 104 cm³/mol. The maximum Gasteiger partial charge on any atom is 0.259 e. The molecule has 1 fully saturated rings. The predicted octanol–water partition coefficient (Wildman–Crippen LogP) is 2.80. The number of hydrogen-bond donors (Lipinski definition) is 1. The first-order valence-corrected chi connectivity index (χ1v) is 10.1. The normalized spacial score (nSPS) is 15.4. The molecule has 1 saturated heterocycles. The summed E-state index contributed by atoms with van der Waals surface area (Å²) >= 11 is 0. The lowest BCUT2D eigenvalue weighted by molar-refractivity contribution is 0.102. The summed E-state index contributed by atoms with van der Waals surface area (Å²) in [5.74, 6) is 0.772. The van der Waals surface area contributed by atoms with Gasteiger partial charge in [0.1, 0.15) is 11.5 Å². The number of ether oxygens (including phenoxy) is 2. The van der Waals surface area contributed by atoms with Gasteiger partial charge >= 0.3 is 0 Å². The Morgan fingerprint density at radius 1 is 1.11 bits per heavy atom. The first-order chi connectivity index (χ1) is 12.9. The number of aryl methyl sites for hydroxylation is 1. The fraction of sp³-hybridized carbons (Fsp3) is 0.316. The summed E-state index contributed by atoms with van der Waals surface area (Å²) in [7, 11) is -0.263. The van der Waals surface area contributed by atoms with E-state index in [0.717, 1.165) is 5.56 Å². The van der Waals surface area contributed by atoms with Gasteiger partial charge in [-0.3, -0.25) is 9.10 Å². The van der Waals surface area contributed by atoms with Crippen LogP contribution >= 0.6 is 0 Å². The number of hydrogen-bond acceptors (Lipinski definition) is 5. The Balaban J connectivity index is 1.89. The number of methoxy groups -OCH3 is 2. The first-order valence-electron chi connectivity index (χ1n) is 8.50. The van der Waals surface area contributed by atoms with Gasteiger partial charge in [-0.15, -0.1) is 0 Å². The summed E-state index contributed by atoms with van der Waals surface area (Å²) in [4.78, 5) is 12.7. The topological polar surface area (TPSA) is 84.9 Å². The molecule has 0 spiro atoms. The van der Waals surface area contributed by atoms with E-state index in [2.05, 4.69) is 5.32 Å². The van der Waals surface area contributed by atoms with E-state index in [0.29, 0.717) is 41.4 Å². The Morgan fingerprint density at radius 2 is 1.89 bits per heavy atom. The smallest absolute Gasteiger partial charge is 0.259 e. The van der Waals surface area contributed by atoms with Crippen LogP contribution in [0.25, 0.3) is 0 Å². The van der Waals surface area contributed by atoms with Crippen molar-refractivity contribution in [3.05, 3.63) is 47.5 Å². The molecule has 0 radical (unpaired) electrons. The Morgan fingerprint density at radius 3 is 2.52 bits per heavy atom. The van der Waals surface area contributed by atoms with Crippen molar-refractivity contribution in [3.8, 4) is 11.5 Å². The highest BCUT2D eigenvalue weighted by molar-refractivity contribution is 7.93. The largest absolute Gasteiger partial charge is 0.497 e. The molecule has 3 rings (SSSR count). The van der Waals surface area contributed by atoms with Crippen LogP contribution in [0.5, 0.6) is 11.5 Å². The molecule has 27 heavy (non-hydrogen) atoms. The quantitative estimate of drug-likeness (QED) is 0.849. The highest BCUT2D eigenvalue weighted by atomic mass is 32.2. The fourth-order valence-corrected chi connectivity index (χ4v) is 4.56. The van der Waals surface area contributed by atoms with Gasteiger partial charge in [0.25, 0.3) is 5.91 Å². The van der Waals surface area contributed by atoms with Gasteiger partial charge in [0.15, 0.2) is 0 Å². The zero-order chi connectivity index (χ0) is 19.6. The minimum absolute atomic E-state index is 0.144. The molecule has 8 heteroatoms. The number of rotatable bonds is 5. The second-order valence-corrected chi connectivity index (χ2v) is 8.27. The molecule has 0 saturated carbocycles. The summed E-state index contributed by atoms with van der Waals surface area (Å²) in [6.45, 7) is 2.30. The van der Waals surface area contributed by atoms with Crippen molar-refractivity contribution >= 4 is 27.3 Å². The molecule has 7 nitrogen and oxygen atoms in total. The fourth-order valence-electron chi connectivity index (χ4n) is 3.01. The number of carbonyl (C=O) groups is 1. The number of amides is 1. The van der Waals surface area contributed by atoms with Gasteiger partial charge in [-0.05, 0) is 43.2 Å². The highest BCUT2D eigenvalue weighted by Crippen LogP contribution is 2.30. The molecular weight excluding hydrogens is 368 g/mol. The van der Waals surface area contributed by atoms with E-state index >= 15 is 0 Å². The zero-order valence-corrected chi connectivity index (χ0v) is 16.3. The summed E-state index contributed by atoms with van der Waals surface area (Å²) in [6, 6.07) is 10.2. The third kappa shape index (κ3) is 3.85. The average Bonchev–Trinajstić information content (AvgIpc) is 3.02. The Bertz CT molecular complexity index is 972. The third-order valence-corrected chi connectivity index (χ3v) is 6.38. The summed E-state index contributed by atoms with van der Waals surface area (Å²) in [6.07, 6.45) is 0.598. The molecule has 1 amide bonds. The molecule has 0 atom stereocenters. The molecule has 2 aromatic rings. The van der Waals surface area contributed by atoms with Crippen molar-refractivity contribution in [1.82, 2.24) is 0 Å². The van der Waals surface area contributed by atoms with E-state index < -0.39 is 10.0 Å². The molecule has 0 bridgehead atoms. The maximum atomic E-state index is 12.7. The Labute approximate surface area is 158 Å². The second-order valence-electron chi connectivity index (χ2n) is 6.26. The van der Waals surface area contributed by atoms with Gasteiger partial charge in [-0.25, -0.2) is 8.42 Å². The standard InChI is InChI=1S/C19H22N2O5S/c1-13-5-6-14(21-9-4-10-27(21,23)24)11-17(13)20-19(22)16-8-7-15(25-2)12-18(16)26-3/h5-8,11-12H,4,9-10H2,1-3H3,(H,20,22). The molecule has 0 aromatic heterocycles. The summed E-state index contributed by atoms with van der Waals surface area (Å²) in [5, 5.41) is 2.85. The van der Waals surface area contributed by atoms with E-state index in [1.165, 1.54) is 18.5 Å². The van der Waals surface area contributed by atoms with Gasteiger partial charge in [-0.2, -0.15) is 0 Å². The van der Waals surface area contributed by atoms with Crippen LogP contribution in [0.15, 0.2) is 36.4 Å². The third-order valence-electron chi connectivity index (χ3n) is 4.51. The average molecular weight is 390 g/mol. The van der Waals surface area contributed by atoms with Crippen molar-refractivity contribution in [1.29, 1.82) is 0 Å². The van der Waals surface area contributed by atoms with Crippen molar-refractivity contribution in [2.75, 3.05) is 36.1 Å². The Hall–Kier alpha value is -2.74. The van der Waals surface area contributed by atoms with E-state index in [1.807, 2.05) is 6.92 Å². The lowest BCUT2D eigenvalue weighted by Gasteiger charge is -2.19. The monoisotopic (exact) mass is 390 g/mol. The maximum absolute atomic E-state index is 12.7. The SMILES string of the molecule is COc1ccc(C(=O)Nc2cc(N3CCCS3(=O)=O)ccc2C)c(OC)c1. The minimum atomic E-state index is -3.28. The van der Waals surface area contributed by atoms with Gasteiger partial charge in [-0.1, -0.05) is 6.07 Å². The minimum Gasteiger partial charge on any atom is -0.497 e. The van der Waals surface area contributed by atoms with Crippen molar-refractivity contribution in [2.45, 2.75) is 13.3 Å². The second kappa shape index (κ2) is 7.48. The van der Waals surface area contributed by atoms with Crippen LogP contribution in [-0.2, 0) is 10.0 Å². The van der Waals surface area contributed by atoms with E-state index in [4.69, 9.17) is 9.47 Å². The lowest BCUT2D eigenvalue weighted by Crippen LogP contribution is -2.25. The Kier molecular flexibility index (Phi) is 5.27. The number of sulfonamides is 1. The molecule has 2 aromatic carbocycles. The number of anilines is 2. The summed E-state index contributed by atoms with van der Waals surface area (Å²) < 4.78 is 36.1. The van der Waals surface area contributed by atoms with E-state index in [9.17, 15) is 13.2 Å². The van der Waals surface area contributed by atoms with Gasteiger partial charge in [0.2, 0.25) is 10.0 Å². The molecule has 1 N–H and O–H groups in total. The molecule has 1 heterocycles. The van der Waals surface area contributed by atoms with Crippen LogP contribution in [0, 0.1) is 6.92 Å². The molecule has 1 aliphatic rings. The molecule has 144 valence electrons. The van der Waals surface area contributed by atoms with Crippen molar-refractivity contribution < 1.29 is 22.7 Å². The van der Waals surface area contributed by atoms with E-state index in [1.54, 1.807) is 36.4 Å². The molecule has 1 aliphatic heterocycles. The van der Waals surface area contributed by atoms with Crippen LogP contribution in [0.3, 0.4) is 0 Å². The van der Waals surface area contributed by atoms with Gasteiger partial charge in [0, 0.05) is 18.3 Å². The molecule has 0 unspecified atom stereocenters. The van der Waals surface area contributed by atoms with Gasteiger partial charge in [0.05, 0.1) is 31.2 Å². The van der Waals surface area contributed by atoms with E-state index in [-0.39, 0.29) is 11.7 Å². The lowest BCUT2D eigenvalue weighted by atomic mass is 10.1. The first kappa shape index (κ1) is 19.0. The zero-order valence-electron chi connectivity index (χ0n) is 15.5. The van der Waals surface area contributed by atoms with Crippen LogP contribution in [0.2, 0.25) is 0 Å². The van der Waals surface area contributed by atoms with Crippen molar-refractivity contribution in [2.24, 2.45) is 0 Å². The number of benzene rings is 2.